The maximum absolute atomic E-state index is 6.19. The highest BCUT2D eigenvalue weighted by Gasteiger charge is 2.40. The van der Waals surface area contributed by atoms with Gasteiger partial charge < -0.3 is 15.1 Å². The van der Waals surface area contributed by atoms with Crippen LogP contribution in [0.5, 0.6) is 0 Å². The summed E-state index contributed by atoms with van der Waals surface area (Å²) in [5.41, 5.74) is 9.82. The van der Waals surface area contributed by atoms with Crippen molar-refractivity contribution in [1.82, 2.24) is 4.90 Å². The lowest BCUT2D eigenvalue weighted by atomic mass is 9.83. The van der Waals surface area contributed by atoms with Crippen molar-refractivity contribution in [3.63, 3.8) is 0 Å². The lowest BCUT2D eigenvalue weighted by Crippen LogP contribution is -2.34. The Morgan fingerprint density at radius 2 is 1.64 bits per heavy atom. The van der Waals surface area contributed by atoms with Crippen molar-refractivity contribution in [2.24, 2.45) is 10.7 Å². The normalized spacial score (nSPS) is 19.2. The first-order valence-electron chi connectivity index (χ1n) is 9.37. The first-order chi connectivity index (χ1) is 13.7. The summed E-state index contributed by atoms with van der Waals surface area (Å²) in [4.78, 5) is 6.91. The van der Waals surface area contributed by atoms with Crippen LogP contribution in [0.4, 0.5) is 0 Å². The third kappa shape index (κ3) is 2.57. The predicted octanol–water partition coefficient (Wildman–Crippen LogP) is 4.60. The number of para-hydroxylation sites is 1. The molecule has 2 N–H and O–H groups in total. The monoisotopic (exact) mass is 367 g/mol. The Hall–Kier alpha value is -3.53. The molecule has 0 bridgehead atoms. The standard InChI is InChI=1S/C24H21N3O/c1-27-16-24(26-23(27)25,19-10-3-2-4-11-19)20-12-7-9-17(14-20)22-15-18-8-5-6-13-21(18)28-22/h2-15H,16H2,1H3,(H2,25,26). The third-order valence-electron chi connectivity index (χ3n) is 5.46. The van der Waals surface area contributed by atoms with Crippen molar-refractivity contribution in [2.45, 2.75) is 5.54 Å². The van der Waals surface area contributed by atoms with E-state index in [0.717, 1.165) is 33.4 Å². The molecule has 3 aromatic carbocycles. The number of rotatable bonds is 3. The average molecular weight is 367 g/mol. The molecule has 4 heteroatoms. The molecule has 0 amide bonds. The summed E-state index contributed by atoms with van der Waals surface area (Å²) in [6.45, 7) is 0.701. The lowest BCUT2D eigenvalue weighted by Gasteiger charge is -2.28. The molecule has 1 aliphatic rings. The second-order valence-electron chi connectivity index (χ2n) is 7.28. The lowest BCUT2D eigenvalue weighted by molar-refractivity contribution is 0.432. The number of guanidine groups is 1. The average Bonchev–Trinajstić information content (AvgIpc) is 3.31. The van der Waals surface area contributed by atoms with Crippen LogP contribution in [0.15, 0.2) is 94.3 Å². The van der Waals surface area contributed by atoms with E-state index in [2.05, 4.69) is 48.5 Å². The third-order valence-corrected chi connectivity index (χ3v) is 5.46. The largest absolute Gasteiger partial charge is 0.456 e. The molecule has 4 aromatic rings. The number of benzene rings is 3. The number of aliphatic imine (C=N–C) groups is 1. The Morgan fingerprint density at radius 3 is 2.39 bits per heavy atom. The van der Waals surface area contributed by atoms with E-state index in [1.54, 1.807) is 0 Å². The van der Waals surface area contributed by atoms with E-state index in [0.29, 0.717) is 12.5 Å². The van der Waals surface area contributed by atoms with Gasteiger partial charge >= 0.3 is 0 Å². The summed E-state index contributed by atoms with van der Waals surface area (Å²) < 4.78 is 6.08. The molecule has 0 saturated heterocycles. The van der Waals surface area contributed by atoms with Crippen molar-refractivity contribution in [1.29, 1.82) is 0 Å². The maximum atomic E-state index is 6.19. The second-order valence-corrected chi connectivity index (χ2v) is 7.28. The van der Waals surface area contributed by atoms with E-state index in [4.69, 9.17) is 15.1 Å². The van der Waals surface area contributed by atoms with Gasteiger partial charge in [-0.15, -0.1) is 0 Å². The highest BCUT2D eigenvalue weighted by Crippen LogP contribution is 2.39. The fourth-order valence-corrected chi connectivity index (χ4v) is 3.99. The molecular weight excluding hydrogens is 346 g/mol. The molecule has 0 spiro atoms. The highest BCUT2D eigenvalue weighted by molar-refractivity contribution is 5.83. The van der Waals surface area contributed by atoms with Crippen molar-refractivity contribution in [3.05, 3.63) is 96.1 Å². The second kappa shape index (κ2) is 6.27. The smallest absolute Gasteiger partial charge is 0.192 e. The van der Waals surface area contributed by atoms with Crippen LogP contribution in [-0.4, -0.2) is 24.5 Å². The van der Waals surface area contributed by atoms with E-state index in [9.17, 15) is 0 Å². The Balaban J connectivity index is 1.66. The molecule has 4 nitrogen and oxygen atoms in total. The van der Waals surface area contributed by atoms with Gasteiger partial charge in [0.25, 0.3) is 0 Å². The van der Waals surface area contributed by atoms with Crippen LogP contribution in [0, 0.1) is 0 Å². The van der Waals surface area contributed by atoms with Gasteiger partial charge in [0.1, 0.15) is 16.9 Å². The Kier molecular flexibility index (Phi) is 3.72. The van der Waals surface area contributed by atoms with Crippen LogP contribution in [0.1, 0.15) is 11.1 Å². The van der Waals surface area contributed by atoms with E-state index in [1.165, 1.54) is 0 Å². The number of hydrogen-bond donors (Lipinski definition) is 1. The first kappa shape index (κ1) is 16.6. The van der Waals surface area contributed by atoms with Crippen LogP contribution < -0.4 is 5.73 Å². The van der Waals surface area contributed by atoms with Gasteiger partial charge in [-0.2, -0.15) is 0 Å². The fourth-order valence-electron chi connectivity index (χ4n) is 3.99. The van der Waals surface area contributed by atoms with Crippen LogP contribution >= 0.6 is 0 Å². The topological polar surface area (TPSA) is 54.8 Å². The zero-order valence-corrected chi connectivity index (χ0v) is 15.7. The molecular formula is C24H21N3O. The molecule has 0 radical (unpaired) electrons. The molecule has 28 heavy (non-hydrogen) atoms. The molecule has 1 aliphatic heterocycles. The van der Waals surface area contributed by atoms with Gasteiger partial charge in [-0.05, 0) is 29.3 Å². The molecule has 0 aliphatic carbocycles. The molecule has 0 saturated carbocycles. The number of nitrogens with zero attached hydrogens (tertiary/aromatic N) is 2. The van der Waals surface area contributed by atoms with E-state index >= 15 is 0 Å². The van der Waals surface area contributed by atoms with Gasteiger partial charge in [0.2, 0.25) is 0 Å². The molecule has 138 valence electrons. The molecule has 5 rings (SSSR count). The number of hydrogen-bond acceptors (Lipinski definition) is 4. The van der Waals surface area contributed by atoms with Crippen LogP contribution in [0.2, 0.25) is 0 Å². The first-order valence-corrected chi connectivity index (χ1v) is 9.37. The van der Waals surface area contributed by atoms with Gasteiger partial charge in [0.15, 0.2) is 5.96 Å². The van der Waals surface area contributed by atoms with E-state index in [-0.39, 0.29) is 0 Å². The van der Waals surface area contributed by atoms with Gasteiger partial charge in [-0.1, -0.05) is 66.7 Å². The van der Waals surface area contributed by atoms with Gasteiger partial charge in [0.05, 0.1) is 6.54 Å². The maximum Gasteiger partial charge on any atom is 0.192 e. The number of furan rings is 1. The predicted molar refractivity (Wildman–Crippen MR) is 113 cm³/mol. The molecule has 0 fully saturated rings. The zero-order valence-electron chi connectivity index (χ0n) is 15.7. The van der Waals surface area contributed by atoms with Gasteiger partial charge in [-0.25, -0.2) is 4.99 Å². The quantitative estimate of drug-likeness (QED) is 0.576. The number of nitrogens with two attached hydrogens (primary N) is 1. The molecule has 1 aromatic heterocycles. The van der Waals surface area contributed by atoms with Gasteiger partial charge in [-0.3, -0.25) is 0 Å². The summed E-state index contributed by atoms with van der Waals surface area (Å²) >= 11 is 0. The van der Waals surface area contributed by atoms with Crippen molar-refractivity contribution >= 4 is 16.9 Å². The van der Waals surface area contributed by atoms with Crippen LogP contribution in [0.3, 0.4) is 0 Å². The zero-order chi connectivity index (χ0) is 19.1. The Labute approximate surface area is 163 Å². The van der Waals surface area contributed by atoms with E-state index in [1.807, 2.05) is 48.3 Å². The van der Waals surface area contributed by atoms with Crippen molar-refractivity contribution in [3.8, 4) is 11.3 Å². The number of fused-ring (bicyclic) bond motifs is 1. The Bertz CT molecular complexity index is 1150. The fraction of sp³-hybridized carbons (Fsp3) is 0.125. The van der Waals surface area contributed by atoms with Crippen molar-refractivity contribution < 1.29 is 4.42 Å². The van der Waals surface area contributed by atoms with E-state index < -0.39 is 5.54 Å². The summed E-state index contributed by atoms with van der Waals surface area (Å²) in [6.07, 6.45) is 0. The number of likely N-dealkylation sites (N-methyl/N-ethyl adjacent to an activating group) is 1. The minimum absolute atomic E-state index is 0.526. The highest BCUT2D eigenvalue weighted by atomic mass is 16.3. The summed E-state index contributed by atoms with van der Waals surface area (Å²) in [5.74, 6) is 1.41. The summed E-state index contributed by atoms with van der Waals surface area (Å²) in [6, 6.07) is 28.9. The van der Waals surface area contributed by atoms with Gasteiger partial charge in [0, 0.05) is 18.0 Å². The SMILES string of the molecule is CN1CC(c2ccccc2)(c2cccc(-c3cc4ccccc4o3)c2)N=C1N. The summed E-state index contributed by atoms with van der Waals surface area (Å²) in [5, 5.41) is 1.10. The molecule has 1 atom stereocenters. The Morgan fingerprint density at radius 1 is 0.893 bits per heavy atom. The van der Waals surface area contributed by atoms with Crippen LogP contribution in [-0.2, 0) is 5.54 Å². The minimum Gasteiger partial charge on any atom is -0.456 e. The van der Waals surface area contributed by atoms with Crippen LogP contribution in [0.25, 0.3) is 22.3 Å². The van der Waals surface area contributed by atoms with Crippen molar-refractivity contribution in [2.75, 3.05) is 13.6 Å². The minimum atomic E-state index is -0.526. The molecule has 1 unspecified atom stereocenters. The summed E-state index contributed by atoms with van der Waals surface area (Å²) in [7, 11) is 1.98. The molecule has 2 heterocycles.